The van der Waals surface area contributed by atoms with E-state index >= 15 is 0 Å². The lowest BCUT2D eigenvalue weighted by molar-refractivity contribution is 0.0771. The lowest BCUT2D eigenvalue weighted by Crippen LogP contribution is -2.30. The number of carbonyl (C=O) groups is 2. The van der Waals surface area contributed by atoms with Crippen molar-refractivity contribution in [3.63, 3.8) is 0 Å². The molecule has 1 aromatic rings. The number of carbonyl (C=O) groups excluding carboxylic acids is 2. The Morgan fingerprint density at radius 1 is 1.25 bits per heavy atom. The van der Waals surface area contributed by atoms with E-state index in [-0.39, 0.29) is 17.9 Å². The minimum absolute atomic E-state index is 0.0318. The first-order chi connectivity index (χ1) is 9.62. The van der Waals surface area contributed by atoms with Crippen molar-refractivity contribution in [3.05, 3.63) is 35.4 Å². The molecule has 1 fully saturated rings. The third-order valence-electron chi connectivity index (χ3n) is 3.45. The van der Waals surface area contributed by atoms with Crippen molar-refractivity contribution in [3.8, 4) is 6.07 Å². The van der Waals surface area contributed by atoms with E-state index in [2.05, 4.69) is 0 Å². The van der Waals surface area contributed by atoms with Gasteiger partial charge in [-0.15, -0.1) is 0 Å². The third-order valence-corrected chi connectivity index (χ3v) is 3.45. The maximum absolute atomic E-state index is 12.1. The summed E-state index contributed by atoms with van der Waals surface area (Å²) in [5.41, 5.74) is 1.09. The number of benzene rings is 1. The number of hydrogen-bond donors (Lipinski definition) is 0. The van der Waals surface area contributed by atoms with E-state index < -0.39 is 0 Å². The van der Waals surface area contributed by atoms with Crippen LogP contribution in [-0.2, 0) is 0 Å². The van der Waals surface area contributed by atoms with Gasteiger partial charge in [0.05, 0.1) is 12.6 Å². The second-order valence-electron chi connectivity index (χ2n) is 4.66. The number of amides is 2. The van der Waals surface area contributed by atoms with Crippen molar-refractivity contribution >= 4 is 11.8 Å². The first kappa shape index (κ1) is 14.1. The Morgan fingerprint density at radius 3 is 2.25 bits per heavy atom. The molecule has 5 nitrogen and oxygen atoms in total. The van der Waals surface area contributed by atoms with Gasteiger partial charge in [0.1, 0.15) is 6.04 Å². The van der Waals surface area contributed by atoms with Crippen molar-refractivity contribution in [1.82, 2.24) is 9.80 Å². The molecular formula is C15H17N3O2. The van der Waals surface area contributed by atoms with Gasteiger partial charge in [-0.3, -0.25) is 9.59 Å². The van der Waals surface area contributed by atoms with E-state index in [4.69, 9.17) is 5.26 Å². The van der Waals surface area contributed by atoms with Crippen molar-refractivity contribution < 1.29 is 9.59 Å². The van der Waals surface area contributed by atoms with Gasteiger partial charge in [-0.2, -0.15) is 5.26 Å². The molecule has 0 bridgehead atoms. The smallest absolute Gasteiger partial charge is 0.255 e. The topological polar surface area (TPSA) is 64.2 Å². The summed E-state index contributed by atoms with van der Waals surface area (Å²) in [6.45, 7) is 5.68. The number of hydrogen-bond acceptors (Lipinski definition) is 3. The fourth-order valence-electron chi connectivity index (χ4n) is 2.09. The van der Waals surface area contributed by atoms with Crippen LogP contribution in [0.3, 0.4) is 0 Å². The van der Waals surface area contributed by atoms with E-state index in [1.165, 1.54) is 4.90 Å². The van der Waals surface area contributed by atoms with Gasteiger partial charge in [0, 0.05) is 24.2 Å². The maximum Gasteiger partial charge on any atom is 0.255 e. The van der Waals surface area contributed by atoms with Crippen molar-refractivity contribution in [2.75, 3.05) is 19.6 Å². The summed E-state index contributed by atoms with van der Waals surface area (Å²) in [5.74, 6) is -0.186. The highest BCUT2D eigenvalue weighted by Crippen LogP contribution is 2.20. The minimum Gasteiger partial charge on any atom is -0.339 e. The second kappa shape index (κ2) is 5.74. The summed E-state index contributed by atoms with van der Waals surface area (Å²) in [6, 6.07) is 8.37. The normalized spacial score (nSPS) is 16.4. The zero-order chi connectivity index (χ0) is 14.7. The molecule has 5 heteroatoms. The molecule has 1 aromatic carbocycles. The first-order valence-corrected chi connectivity index (χ1v) is 6.72. The molecule has 0 aliphatic carbocycles. The molecular weight excluding hydrogens is 254 g/mol. The molecule has 0 saturated carbocycles. The predicted octanol–water partition coefficient (Wildman–Crippen LogP) is 1.52. The van der Waals surface area contributed by atoms with Gasteiger partial charge in [0.25, 0.3) is 11.8 Å². The predicted molar refractivity (Wildman–Crippen MR) is 74.1 cm³/mol. The first-order valence-electron chi connectivity index (χ1n) is 6.72. The average Bonchev–Trinajstić information content (AvgIpc) is 3.27. The Balaban J connectivity index is 2.09. The lowest BCUT2D eigenvalue weighted by Gasteiger charge is -2.18. The monoisotopic (exact) mass is 271 g/mol. The summed E-state index contributed by atoms with van der Waals surface area (Å²) >= 11 is 0. The average molecular weight is 271 g/mol. The zero-order valence-corrected chi connectivity index (χ0v) is 11.7. The van der Waals surface area contributed by atoms with E-state index in [1.807, 2.05) is 19.9 Å². The number of nitrogens with zero attached hydrogens (tertiary/aromatic N) is 3. The lowest BCUT2D eigenvalue weighted by atomic mass is 10.1. The van der Waals surface area contributed by atoms with Gasteiger partial charge in [-0.05, 0) is 38.1 Å². The highest BCUT2D eigenvalue weighted by Gasteiger charge is 2.38. The number of rotatable bonds is 4. The standard InChI is InChI=1S/C15H17N3O2/c1-3-17(4-2)14(19)11-5-7-12(8-6-11)15(20)18-10-13(18)9-16/h5-8,13H,3-4,10H2,1-2H3. The van der Waals surface area contributed by atoms with Gasteiger partial charge in [-0.25, -0.2) is 0 Å². The van der Waals surface area contributed by atoms with Crippen molar-refractivity contribution in [2.24, 2.45) is 0 Å². The van der Waals surface area contributed by atoms with Crippen LogP contribution in [0.15, 0.2) is 24.3 Å². The largest absolute Gasteiger partial charge is 0.339 e. The third kappa shape index (κ3) is 2.64. The Labute approximate surface area is 118 Å². The SMILES string of the molecule is CCN(CC)C(=O)c1ccc(C(=O)N2CC2C#N)cc1. The Bertz CT molecular complexity index is 555. The second-order valence-corrected chi connectivity index (χ2v) is 4.66. The van der Waals surface area contributed by atoms with Crippen LogP contribution in [0.25, 0.3) is 0 Å². The van der Waals surface area contributed by atoms with E-state index in [0.717, 1.165) is 0 Å². The van der Waals surface area contributed by atoms with E-state index in [9.17, 15) is 9.59 Å². The molecule has 0 N–H and O–H groups in total. The minimum atomic E-state index is -0.292. The molecule has 20 heavy (non-hydrogen) atoms. The highest BCUT2D eigenvalue weighted by molar-refractivity contribution is 5.99. The molecule has 1 aliphatic rings. The summed E-state index contributed by atoms with van der Waals surface area (Å²) in [6.07, 6.45) is 0. The molecule has 1 saturated heterocycles. The quantitative estimate of drug-likeness (QED) is 0.780. The van der Waals surface area contributed by atoms with Crippen LogP contribution >= 0.6 is 0 Å². The molecule has 104 valence electrons. The molecule has 1 aliphatic heterocycles. The van der Waals surface area contributed by atoms with E-state index in [0.29, 0.717) is 30.8 Å². The fraction of sp³-hybridized carbons (Fsp3) is 0.400. The molecule has 1 unspecified atom stereocenters. The fourth-order valence-corrected chi connectivity index (χ4v) is 2.09. The molecule has 0 spiro atoms. The highest BCUT2D eigenvalue weighted by atomic mass is 16.2. The van der Waals surface area contributed by atoms with Crippen LogP contribution < -0.4 is 0 Å². The van der Waals surface area contributed by atoms with E-state index in [1.54, 1.807) is 29.2 Å². The van der Waals surface area contributed by atoms with Crippen molar-refractivity contribution in [1.29, 1.82) is 5.26 Å². The van der Waals surface area contributed by atoms with Crippen LogP contribution in [0, 0.1) is 11.3 Å². The summed E-state index contributed by atoms with van der Waals surface area (Å²) in [4.78, 5) is 27.3. The summed E-state index contributed by atoms with van der Waals surface area (Å²) in [7, 11) is 0. The number of nitriles is 1. The molecule has 2 amide bonds. The van der Waals surface area contributed by atoms with Gasteiger partial charge in [-0.1, -0.05) is 0 Å². The summed E-state index contributed by atoms with van der Waals surface area (Å²) in [5, 5.41) is 8.71. The van der Waals surface area contributed by atoms with Crippen LogP contribution in [0.2, 0.25) is 0 Å². The molecule has 0 aromatic heterocycles. The van der Waals surface area contributed by atoms with Crippen LogP contribution in [0.5, 0.6) is 0 Å². The Hall–Kier alpha value is -2.35. The van der Waals surface area contributed by atoms with Crippen LogP contribution in [0.4, 0.5) is 0 Å². The molecule has 2 rings (SSSR count). The molecule has 1 heterocycles. The van der Waals surface area contributed by atoms with Gasteiger partial charge in [0.2, 0.25) is 0 Å². The van der Waals surface area contributed by atoms with Crippen LogP contribution in [0.1, 0.15) is 34.6 Å². The molecule has 1 atom stereocenters. The summed E-state index contributed by atoms with van der Waals surface area (Å²) < 4.78 is 0. The Kier molecular flexibility index (Phi) is 4.04. The van der Waals surface area contributed by atoms with Gasteiger partial charge >= 0.3 is 0 Å². The van der Waals surface area contributed by atoms with Gasteiger partial charge < -0.3 is 9.80 Å². The molecule has 0 radical (unpaired) electrons. The van der Waals surface area contributed by atoms with Crippen LogP contribution in [-0.4, -0.2) is 47.3 Å². The van der Waals surface area contributed by atoms with Gasteiger partial charge in [0.15, 0.2) is 0 Å². The maximum atomic E-state index is 12.1. The zero-order valence-electron chi connectivity index (χ0n) is 11.7. The van der Waals surface area contributed by atoms with Crippen molar-refractivity contribution in [2.45, 2.75) is 19.9 Å². The Morgan fingerprint density at radius 2 is 1.80 bits per heavy atom.